The molecule has 0 aliphatic carbocycles. The molecule has 2 aromatic heterocycles. The largest absolute Gasteiger partial charge is 0.497 e. The van der Waals surface area contributed by atoms with Crippen LogP contribution in [-0.4, -0.2) is 59.4 Å². The number of hydrogen-bond acceptors (Lipinski definition) is 6. The Bertz CT molecular complexity index is 963. The van der Waals surface area contributed by atoms with E-state index in [-0.39, 0.29) is 0 Å². The predicted molar refractivity (Wildman–Crippen MR) is 111 cm³/mol. The van der Waals surface area contributed by atoms with Crippen molar-refractivity contribution in [3.63, 3.8) is 0 Å². The van der Waals surface area contributed by atoms with Crippen molar-refractivity contribution in [2.75, 3.05) is 45.3 Å². The van der Waals surface area contributed by atoms with Crippen molar-refractivity contribution in [1.29, 1.82) is 0 Å². The van der Waals surface area contributed by atoms with Crippen molar-refractivity contribution in [2.45, 2.75) is 20.4 Å². The first-order valence-corrected chi connectivity index (χ1v) is 9.69. The number of benzene rings is 1. The first-order chi connectivity index (χ1) is 13.7. The molecule has 148 valence electrons. The summed E-state index contributed by atoms with van der Waals surface area (Å²) in [6, 6.07) is 7.86. The molecule has 1 fully saturated rings. The molecule has 1 aliphatic rings. The molecule has 3 heterocycles. The maximum Gasteiger partial charge on any atom is 0.146 e. The Kier molecular flexibility index (Phi) is 5.45. The van der Waals surface area contributed by atoms with Gasteiger partial charge in [0.25, 0.3) is 0 Å². The molecule has 1 aromatic carbocycles. The van der Waals surface area contributed by atoms with Crippen LogP contribution in [0.3, 0.4) is 0 Å². The SMILES string of the molecule is COc1cccc(Nc2ncnc3c2c(C)c(C)n3CCN2CCOCC2)c1. The second-order valence-electron chi connectivity index (χ2n) is 7.09. The third-order valence-corrected chi connectivity index (χ3v) is 5.48. The van der Waals surface area contributed by atoms with Gasteiger partial charge >= 0.3 is 0 Å². The van der Waals surface area contributed by atoms with E-state index in [1.54, 1.807) is 13.4 Å². The normalized spacial score (nSPS) is 15.1. The molecule has 0 spiro atoms. The number of methoxy groups -OCH3 is 1. The molecule has 0 radical (unpaired) electrons. The molecule has 0 amide bonds. The molecule has 1 saturated heterocycles. The van der Waals surface area contributed by atoms with Crippen molar-refractivity contribution < 1.29 is 9.47 Å². The Balaban J connectivity index is 1.63. The molecule has 28 heavy (non-hydrogen) atoms. The number of hydrogen-bond donors (Lipinski definition) is 1. The van der Waals surface area contributed by atoms with Gasteiger partial charge in [-0.15, -0.1) is 0 Å². The smallest absolute Gasteiger partial charge is 0.146 e. The van der Waals surface area contributed by atoms with Gasteiger partial charge in [-0.1, -0.05) is 6.07 Å². The van der Waals surface area contributed by atoms with Gasteiger partial charge in [-0.2, -0.15) is 0 Å². The van der Waals surface area contributed by atoms with E-state index in [1.165, 1.54) is 11.3 Å². The number of aryl methyl sites for hydroxylation is 1. The quantitative estimate of drug-likeness (QED) is 0.708. The number of fused-ring (bicyclic) bond motifs is 1. The van der Waals surface area contributed by atoms with Crippen molar-refractivity contribution in [2.24, 2.45) is 0 Å². The van der Waals surface area contributed by atoms with Gasteiger partial charge in [-0.25, -0.2) is 9.97 Å². The molecule has 0 bridgehead atoms. The highest BCUT2D eigenvalue weighted by Gasteiger charge is 2.18. The van der Waals surface area contributed by atoms with Crippen molar-refractivity contribution in [3.8, 4) is 5.75 Å². The highest BCUT2D eigenvalue weighted by molar-refractivity contribution is 5.93. The molecule has 0 atom stereocenters. The lowest BCUT2D eigenvalue weighted by atomic mass is 10.2. The van der Waals surface area contributed by atoms with Crippen LogP contribution in [0.2, 0.25) is 0 Å². The number of anilines is 2. The Morgan fingerprint density at radius 2 is 1.96 bits per heavy atom. The Hall–Kier alpha value is -2.64. The van der Waals surface area contributed by atoms with E-state index in [4.69, 9.17) is 9.47 Å². The second-order valence-corrected chi connectivity index (χ2v) is 7.09. The van der Waals surface area contributed by atoms with Gasteiger partial charge in [-0.3, -0.25) is 4.90 Å². The lowest BCUT2D eigenvalue weighted by Crippen LogP contribution is -2.38. The van der Waals surface area contributed by atoms with Crippen molar-refractivity contribution in [1.82, 2.24) is 19.4 Å². The summed E-state index contributed by atoms with van der Waals surface area (Å²) >= 11 is 0. The molecule has 3 aromatic rings. The molecule has 7 heteroatoms. The maximum absolute atomic E-state index is 5.45. The predicted octanol–water partition coefficient (Wildman–Crippen LogP) is 3.13. The van der Waals surface area contributed by atoms with E-state index in [0.29, 0.717) is 0 Å². The lowest BCUT2D eigenvalue weighted by Gasteiger charge is -2.26. The van der Waals surface area contributed by atoms with Crippen LogP contribution in [0.5, 0.6) is 5.75 Å². The third-order valence-electron chi connectivity index (χ3n) is 5.48. The van der Waals surface area contributed by atoms with Crippen LogP contribution in [0.1, 0.15) is 11.3 Å². The Morgan fingerprint density at radius 3 is 2.75 bits per heavy atom. The fraction of sp³-hybridized carbons (Fsp3) is 0.429. The van der Waals surface area contributed by atoms with Crippen LogP contribution in [0, 0.1) is 13.8 Å². The van der Waals surface area contributed by atoms with Gasteiger partial charge in [-0.05, 0) is 31.5 Å². The average molecular weight is 381 g/mol. The van der Waals surface area contributed by atoms with E-state index < -0.39 is 0 Å². The van der Waals surface area contributed by atoms with Crippen LogP contribution >= 0.6 is 0 Å². The number of nitrogens with zero attached hydrogens (tertiary/aromatic N) is 4. The topological polar surface area (TPSA) is 64.4 Å². The molecule has 0 unspecified atom stereocenters. The van der Waals surface area contributed by atoms with Gasteiger partial charge in [0.15, 0.2) is 0 Å². The van der Waals surface area contributed by atoms with Crippen LogP contribution in [0.4, 0.5) is 11.5 Å². The maximum atomic E-state index is 5.45. The summed E-state index contributed by atoms with van der Waals surface area (Å²) in [6.45, 7) is 9.84. The van der Waals surface area contributed by atoms with Crippen LogP contribution in [-0.2, 0) is 11.3 Å². The second kappa shape index (κ2) is 8.16. The monoisotopic (exact) mass is 381 g/mol. The minimum atomic E-state index is 0.811. The first kappa shape index (κ1) is 18.7. The van der Waals surface area contributed by atoms with E-state index in [2.05, 4.69) is 38.6 Å². The molecular formula is C21H27N5O2. The summed E-state index contributed by atoms with van der Waals surface area (Å²) in [5.41, 5.74) is 4.36. The van der Waals surface area contributed by atoms with Gasteiger partial charge in [0.05, 0.1) is 25.7 Å². The molecule has 4 rings (SSSR count). The van der Waals surface area contributed by atoms with E-state index in [1.807, 2.05) is 24.3 Å². The third kappa shape index (κ3) is 3.68. The molecular weight excluding hydrogens is 354 g/mol. The summed E-state index contributed by atoms with van der Waals surface area (Å²) in [5, 5.41) is 4.51. The molecule has 0 saturated carbocycles. The van der Waals surface area contributed by atoms with Crippen LogP contribution in [0.25, 0.3) is 11.0 Å². The van der Waals surface area contributed by atoms with E-state index >= 15 is 0 Å². The zero-order valence-electron chi connectivity index (χ0n) is 16.7. The molecule has 7 nitrogen and oxygen atoms in total. The minimum absolute atomic E-state index is 0.811. The van der Waals surface area contributed by atoms with Crippen LogP contribution < -0.4 is 10.1 Å². The van der Waals surface area contributed by atoms with Gasteiger partial charge in [0.1, 0.15) is 23.5 Å². The average Bonchev–Trinajstić information content (AvgIpc) is 2.98. The Labute approximate surface area is 165 Å². The van der Waals surface area contributed by atoms with Gasteiger partial charge in [0, 0.05) is 43.6 Å². The highest BCUT2D eigenvalue weighted by atomic mass is 16.5. The summed E-state index contributed by atoms with van der Waals surface area (Å²) in [4.78, 5) is 11.6. The standard InChI is InChI=1S/C21H27N5O2/c1-15-16(2)26(8-7-25-9-11-28-12-10-25)21-19(15)20(22-14-23-21)24-17-5-4-6-18(13-17)27-3/h4-6,13-14H,7-12H2,1-3H3,(H,22,23,24). The minimum Gasteiger partial charge on any atom is -0.497 e. The van der Waals surface area contributed by atoms with Crippen molar-refractivity contribution >= 4 is 22.5 Å². The summed E-state index contributed by atoms with van der Waals surface area (Å²) in [6.07, 6.45) is 1.63. The Morgan fingerprint density at radius 1 is 1.14 bits per heavy atom. The zero-order chi connectivity index (χ0) is 19.5. The zero-order valence-corrected chi connectivity index (χ0v) is 16.7. The number of morpholine rings is 1. The number of aromatic nitrogens is 3. The molecule has 1 N–H and O–H groups in total. The summed E-state index contributed by atoms with van der Waals surface area (Å²) < 4.78 is 13.1. The first-order valence-electron chi connectivity index (χ1n) is 9.69. The van der Waals surface area contributed by atoms with Crippen molar-refractivity contribution in [3.05, 3.63) is 41.9 Å². The fourth-order valence-corrected chi connectivity index (χ4v) is 3.74. The lowest BCUT2D eigenvalue weighted by molar-refractivity contribution is 0.0364. The number of rotatable bonds is 6. The highest BCUT2D eigenvalue weighted by Crippen LogP contribution is 2.31. The van der Waals surface area contributed by atoms with E-state index in [0.717, 1.165) is 67.7 Å². The number of nitrogens with one attached hydrogen (secondary N) is 1. The summed E-state index contributed by atoms with van der Waals surface area (Å²) in [5.74, 6) is 1.63. The van der Waals surface area contributed by atoms with Gasteiger partial charge < -0.3 is 19.4 Å². The van der Waals surface area contributed by atoms with E-state index in [9.17, 15) is 0 Å². The van der Waals surface area contributed by atoms with Crippen LogP contribution in [0.15, 0.2) is 30.6 Å². The fourth-order valence-electron chi connectivity index (χ4n) is 3.74. The molecule has 1 aliphatic heterocycles. The number of ether oxygens (including phenoxy) is 2. The van der Waals surface area contributed by atoms with Gasteiger partial charge in [0.2, 0.25) is 0 Å². The summed E-state index contributed by atoms with van der Waals surface area (Å²) in [7, 11) is 1.67.